The Morgan fingerprint density at radius 3 is 2.58 bits per heavy atom. The maximum absolute atomic E-state index is 12.5. The second-order valence-corrected chi connectivity index (χ2v) is 3.39. The predicted octanol–water partition coefficient (Wildman–Crippen LogP) is 1.58. The van der Waals surface area contributed by atoms with E-state index in [1.807, 2.05) is 0 Å². The Morgan fingerprint density at radius 1 is 1.37 bits per heavy atom. The third-order valence-electron chi connectivity index (χ3n) is 1.97. The van der Waals surface area contributed by atoms with Gasteiger partial charge in [0.25, 0.3) is 0 Å². The molecule has 0 amide bonds. The van der Waals surface area contributed by atoms with Gasteiger partial charge in [0.05, 0.1) is 7.11 Å². The number of halogens is 4. The minimum atomic E-state index is -4.30. The lowest BCUT2D eigenvalue weighted by atomic mass is 10.3. The Bertz CT molecular complexity index is 443. The molecule has 19 heavy (non-hydrogen) atoms. The van der Waals surface area contributed by atoms with E-state index in [1.165, 1.54) is 19.5 Å². The Balaban J connectivity index is 2.57. The van der Waals surface area contributed by atoms with Gasteiger partial charge in [-0.25, -0.2) is 18.7 Å². The van der Waals surface area contributed by atoms with Crippen LogP contribution in [0.1, 0.15) is 10.5 Å². The number of hydrogen-bond donors (Lipinski definition) is 0. The van der Waals surface area contributed by atoms with E-state index in [2.05, 4.69) is 14.7 Å². The van der Waals surface area contributed by atoms with Gasteiger partial charge < -0.3 is 9.47 Å². The number of Topliss-reactive ketones (excluding diaryl/α,β-unsaturated/α-hetero) is 1. The van der Waals surface area contributed by atoms with Crippen LogP contribution in [-0.4, -0.2) is 48.4 Å². The number of rotatable bonds is 7. The number of methoxy groups -OCH3 is 1. The van der Waals surface area contributed by atoms with Crippen molar-refractivity contribution in [2.45, 2.75) is 12.3 Å². The van der Waals surface area contributed by atoms with Crippen molar-refractivity contribution in [3.8, 4) is 5.88 Å². The first-order chi connectivity index (χ1) is 8.88. The fourth-order valence-corrected chi connectivity index (χ4v) is 1.08. The van der Waals surface area contributed by atoms with Crippen LogP contribution >= 0.6 is 0 Å². The van der Waals surface area contributed by atoms with Gasteiger partial charge >= 0.3 is 12.3 Å². The lowest BCUT2D eigenvalue weighted by molar-refractivity contribution is -0.163. The molecule has 0 aliphatic rings. The molecule has 0 aromatic carbocycles. The molecule has 1 aromatic heterocycles. The molecule has 106 valence electrons. The molecule has 9 heteroatoms. The van der Waals surface area contributed by atoms with Crippen LogP contribution in [0, 0.1) is 0 Å². The molecule has 0 saturated carbocycles. The van der Waals surface area contributed by atoms with Crippen molar-refractivity contribution in [3.63, 3.8) is 0 Å². The van der Waals surface area contributed by atoms with Gasteiger partial charge in [-0.05, 0) is 0 Å². The number of ketones is 1. The molecule has 0 atom stereocenters. The van der Waals surface area contributed by atoms with Crippen LogP contribution in [0.25, 0.3) is 0 Å². The van der Waals surface area contributed by atoms with E-state index in [-0.39, 0.29) is 11.6 Å². The molecule has 5 nitrogen and oxygen atoms in total. The SMILES string of the molecule is COc1nccnc1C(=O)COCC(F)(F)C(F)F. The van der Waals surface area contributed by atoms with Crippen LogP contribution in [0.15, 0.2) is 12.4 Å². The Hall–Kier alpha value is -1.77. The Morgan fingerprint density at radius 2 is 2.00 bits per heavy atom. The van der Waals surface area contributed by atoms with E-state index in [9.17, 15) is 22.4 Å². The lowest BCUT2D eigenvalue weighted by Crippen LogP contribution is -2.33. The van der Waals surface area contributed by atoms with Crippen LogP contribution in [0.3, 0.4) is 0 Å². The van der Waals surface area contributed by atoms with Gasteiger partial charge in [-0.1, -0.05) is 0 Å². The van der Waals surface area contributed by atoms with E-state index in [4.69, 9.17) is 4.74 Å². The molecule has 0 fully saturated rings. The molecule has 0 aliphatic carbocycles. The highest BCUT2D eigenvalue weighted by molar-refractivity contribution is 5.97. The summed E-state index contributed by atoms with van der Waals surface area (Å²) in [7, 11) is 1.24. The molecule has 0 bridgehead atoms. The quantitative estimate of drug-likeness (QED) is 0.561. The van der Waals surface area contributed by atoms with E-state index in [1.54, 1.807) is 0 Å². The number of carbonyl (C=O) groups is 1. The number of aromatic nitrogens is 2. The normalized spacial score (nSPS) is 11.7. The fraction of sp³-hybridized carbons (Fsp3) is 0.500. The van der Waals surface area contributed by atoms with Crippen molar-refractivity contribution in [3.05, 3.63) is 18.1 Å². The van der Waals surface area contributed by atoms with Crippen molar-refractivity contribution < 1.29 is 31.8 Å². The summed E-state index contributed by atoms with van der Waals surface area (Å²) in [6, 6.07) is 0. The summed E-state index contributed by atoms with van der Waals surface area (Å²) in [6.07, 6.45) is -1.39. The van der Waals surface area contributed by atoms with Crippen LogP contribution in [0.2, 0.25) is 0 Å². The van der Waals surface area contributed by atoms with Crippen molar-refractivity contribution in [2.24, 2.45) is 0 Å². The van der Waals surface area contributed by atoms with Crippen molar-refractivity contribution in [1.29, 1.82) is 0 Å². The molecule has 1 heterocycles. The van der Waals surface area contributed by atoms with Crippen LogP contribution in [0.4, 0.5) is 17.6 Å². The largest absolute Gasteiger partial charge is 0.479 e. The smallest absolute Gasteiger partial charge is 0.330 e. The second-order valence-electron chi connectivity index (χ2n) is 3.39. The predicted molar refractivity (Wildman–Crippen MR) is 54.7 cm³/mol. The number of nitrogens with zero attached hydrogens (tertiary/aromatic N) is 2. The highest BCUT2D eigenvalue weighted by atomic mass is 19.3. The maximum atomic E-state index is 12.5. The first kappa shape index (κ1) is 15.3. The number of carbonyl (C=O) groups excluding carboxylic acids is 1. The second kappa shape index (κ2) is 6.41. The molecule has 0 N–H and O–H groups in total. The van der Waals surface area contributed by atoms with Crippen molar-refractivity contribution in [1.82, 2.24) is 9.97 Å². The summed E-state index contributed by atoms with van der Waals surface area (Å²) in [5.74, 6) is -5.20. The molecule has 0 aliphatic heterocycles. The molecular weight excluding hydrogens is 272 g/mol. The maximum Gasteiger partial charge on any atom is 0.330 e. The topological polar surface area (TPSA) is 61.3 Å². The Labute approximate surface area is 105 Å². The summed E-state index contributed by atoms with van der Waals surface area (Å²) in [5.41, 5.74) is -0.217. The third kappa shape index (κ3) is 4.12. The molecule has 0 radical (unpaired) electrons. The summed E-state index contributed by atoms with van der Waals surface area (Å²) >= 11 is 0. The molecule has 0 spiro atoms. The van der Waals surface area contributed by atoms with Crippen LogP contribution < -0.4 is 4.74 Å². The summed E-state index contributed by atoms with van der Waals surface area (Å²) in [5, 5.41) is 0. The number of alkyl halides is 4. The number of hydrogen-bond acceptors (Lipinski definition) is 5. The van der Waals surface area contributed by atoms with E-state index >= 15 is 0 Å². The minimum Gasteiger partial charge on any atom is -0.479 e. The Kier molecular flexibility index (Phi) is 5.16. The molecule has 1 rings (SSSR count). The summed E-state index contributed by atoms with van der Waals surface area (Å²) in [4.78, 5) is 18.9. The zero-order chi connectivity index (χ0) is 14.5. The monoisotopic (exact) mass is 282 g/mol. The standard InChI is InChI=1S/C10H10F4N2O3/c1-18-8-7(15-2-3-16-8)6(17)4-19-5-10(13,14)9(11)12/h2-3,9H,4-5H2,1H3. The molecular formula is C10H10F4N2O3. The van der Waals surface area contributed by atoms with Gasteiger partial charge in [-0.15, -0.1) is 0 Å². The van der Waals surface area contributed by atoms with Crippen LogP contribution in [-0.2, 0) is 4.74 Å². The van der Waals surface area contributed by atoms with Gasteiger partial charge in [0, 0.05) is 12.4 Å². The first-order valence-corrected chi connectivity index (χ1v) is 5.00. The zero-order valence-corrected chi connectivity index (χ0v) is 9.78. The minimum absolute atomic E-state index is 0.100. The molecule has 1 aromatic rings. The number of ether oxygens (including phenoxy) is 2. The summed E-state index contributed by atoms with van der Waals surface area (Å²) in [6.45, 7) is -2.38. The average Bonchev–Trinajstić information content (AvgIpc) is 2.38. The highest BCUT2D eigenvalue weighted by Gasteiger charge is 2.41. The van der Waals surface area contributed by atoms with Gasteiger partial charge in [-0.2, -0.15) is 8.78 Å². The van der Waals surface area contributed by atoms with Crippen molar-refractivity contribution >= 4 is 5.78 Å². The first-order valence-electron chi connectivity index (χ1n) is 5.00. The van der Waals surface area contributed by atoms with Gasteiger partial charge in [0.2, 0.25) is 11.7 Å². The summed E-state index contributed by atoms with van der Waals surface area (Å²) < 4.78 is 57.7. The molecule has 0 saturated heterocycles. The van der Waals surface area contributed by atoms with Crippen LogP contribution in [0.5, 0.6) is 5.88 Å². The van der Waals surface area contributed by atoms with E-state index < -0.39 is 31.3 Å². The lowest BCUT2D eigenvalue weighted by Gasteiger charge is -2.14. The van der Waals surface area contributed by atoms with E-state index in [0.29, 0.717) is 0 Å². The fourth-order valence-electron chi connectivity index (χ4n) is 1.08. The van der Waals surface area contributed by atoms with Crippen molar-refractivity contribution in [2.75, 3.05) is 20.3 Å². The van der Waals surface area contributed by atoms with Gasteiger partial charge in [0.1, 0.15) is 13.2 Å². The van der Waals surface area contributed by atoms with Gasteiger partial charge in [0.15, 0.2) is 5.69 Å². The molecule has 0 unspecified atom stereocenters. The van der Waals surface area contributed by atoms with Gasteiger partial charge in [-0.3, -0.25) is 4.79 Å². The van der Waals surface area contributed by atoms with E-state index in [0.717, 1.165) is 0 Å². The average molecular weight is 282 g/mol. The third-order valence-corrected chi connectivity index (χ3v) is 1.97. The highest BCUT2D eigenvalue weighted by Crippen LogP contribution is 2.23. The zero-order valence-electron chi connectivity index (χ0n) is 9.78.